The second-order valence-electron chi connectivity index (χ2n) is 15.6. The molecule has 8 nitrogen and oxygen atoms in total. The topological polar surface area (TPSA) is 114 Å². The molecular weight excluding hydrogens is 840 g/mol. The van der Waals surface area contributed by atoms with Crippen molar-refractivity contribution in [1.82, 2.24) is 0 Å². The molecule has 0 unspecified atom stereocenters. The van der Waals surface area contributed by atoms with Crippen molar-refractivity contribution in [2.24, 2.45) is 17.6 Å². The van der Waals surface area contributed by atoms with Crippen LogP contribution in [-0.4, -0.2) is 50.2 Å². The van der Waals surface area contributed by atoms with Crippen LogP contribution >= 0.6 is 12.4 Å². The van der Waals surface area contributed by atoms with Crippen molar-refractivity contribution in [3.8, 4) is 11.5 Å². The predicted octanol–water partition coefficient (Wildman–Crippen LogP) is 12.3. The number of halogens is 7. The molecule has 0 atom stereocenters. The lowest BCUT2D eigenvalue weighted by atomic mass is 9.89. The average molecular weight is 898 g/mol. The van der Waals surface area contributed by atoms with Gasteiger partial charge in [-0.2, -0.15) is 26.3 Å². The second kappa shape index (κ2) is 24.3. The lowest BCUT2D eigenvalue weighted by molar-refractivity contribution is -0.143. The van der Waals surface area contributed by atoms with Crippen molar-refractivity contribution in [2.45, 2.75) is 123 Å². The maximum atomic E-state index is 14.0. The fraction of sp³-hybridized carbons (Fsp3) is 0.511. The zero-order chi connectivity index (χ0) is 44.7. The van der Waals surface area contributed by atoms with E-state index in [1.807, 2.05) is 6.07 Å². The van der Waals surface area contributed by atoms with Gasteiger partial charge in [0.25, 0.3) is 0 Å². The molecule has 2 N–H and O–H groups in total. The summed E-state index contributed by atoms with van der Waals surface area (Å²) in [6.45, 7) is 8.52. The number of hydrogen-bond acceptors (Lipinski definition) is 8. The number of carbonyl (C=O) groups excluding carboxylic acids is 3. The van der Waals surface area contributed by atoms with Crippen LogP contribution in [-0.2, 0) is 37.8 Å². The molecule has 0 aliphatic heterocycles. The van der Waals surface area contributed by atoms with Crippen LogP contribution in [0.5, 0.6) is 11.5 Å². The predicted molar refractivity (Wildman–Crippen MR) is 230 cm³/mol. The molecule has 4 aromatic carbocycles. The highest BCUT2D eigenvalue weighted by molar-refractivity contribution is 6.00. The molecule has 0 radical (unpaired) electrons. The number of nitrogens with two attached hydrogens (primary N) is 1. The molecule has 2 aliphatic rings. The first-order valence-electron chi connectivity index (χ1n) is 21.0. The molecule has 6 rings (SSSR count). The minimum atomic E-state index is -4.54. The Kier molecular flexibility index (Phi) is 20.3. The molecule has 62 heavy (non-hydrogen) atoms. The Morgan fingerprint density at radius 1 is 0.645 bits per heavy atom. The molecule has 0 spiro atoms. The standard InChI is InChI=1S/C24H29F3O3.C19H19F3O2.C4H9NO2.ClH/c1-3-29-22(28)9-5-7-17-6-4-8-20-19(17)14-15-21(23(20)24(25,26)27)30-18-12-10-16(2)11-13-18;1-12-5-7-14(8-6-12)24-17-10-9-15-13(11-23)3-2-4-16(15)18(17)19(20,21)22;1-2-7-4(6)3-5;/h4,6,8,14-16,18H,3,5,7,9-13H2,1-2H3;2-4,9-12,14H,5-8H2,1H3;2-3,5H2,1H3;1H. The van der Waals surface area contributed by atoms with Gasteiger partial charge in [0.15, 0.2) is 6.29 Å². The zero-order valence-corrected chi connectivity index (χ0v) is 36.5. The van der Waals surface area contributed by atoms with Crippen LogP contribution < -0.4 is 15.2 Å². The molecule has 2 fully saturated rings. The van der Waals surface area contributed by atoms with E-state index in [9.17, 15) is 40.7 Å². The van der Waals surface area contributed by atoms with E-state index in [4.69, 9.17) is 19.9 Å². The number of benzene rings is 4. The van der Waals surface area contributed by atoms with Gasteiger partial charge in [-0.3, -0.25) is 14.4 Å². The Bertz CT molecular complexity index is 2060. The van der Waals surface area contributed by atoms with Crippen molar-refractivity contribution in [3.63, 3.8) is 0 Å². The van der Waals surface area contributed by atoms with Crippen LogP contribution in [0.4, 0.5) is 26.3 Å². The SMILES string of the molecule is CC1CCC(Oc2ccc3c(C=O)cccc3c2C(F)(F)F)CC1.CCOC(=O)CCCc1cccc2c(C(F)(F)F)c(OC3CCC(C)CC3)ccc12.CCOC(=O)CN.Cl. The average Bonchev–Trinajstić information content (AvgIpc) is 3.21. The van der Waals surface area contributed by atoms with Gasteiger partial charge in [-0.1, -0.05) is 56.3 Å². The summed E-state index contributed by atoms with van der Waals surface area (Å²) in [5.41, 5.74) is 4.43. The molecule has 342 valence electrons. The number of alkyl halides is 6. The van der Waals surface area contributed by atoms with Crippen molar-refractivity contribution in [2.75, 3.05) is 19.8 Å². The molecule has 0 aromatic heterocycles. The van der Waals surface area contributed by atoms with Gasteiger partial charge in [-0.25, -0.2) is 0 Å². The number of aldehydes is 1. The zero-order valence-electron chi connectivity index (χ0n) is 35.7. The smallest absolute Gasteiger partial charge is 0.420 e. The Morgan fingerprint density at radius 2 is 1.10 bits per heavy atom. The van der Waals surface area contributed by atoms with Gasteiger partial charge in [0.1, 0.15) is 22.6 Å². The first-order valence-corrected chi connectivity index (χ1v) is 21.0. The van der Waals surface area contributed by atoms with Crippen LogP contribution in [0, 0.1) is 11.8 Å². The van der Waals surface area contributed by atoms with E-state index < -0.39 is 23.5 Å². The van der Waals surface area contributed by atoms with Crippen LogP contribution in [0.3, 0.4) is 0 Å². The number of carbonyl (C=O) groups is 3. The van der Waals surface area contributed by atoms with Crippen molar-refractivity contribution >= 4 is 52.2 Å². The van der Waals surface area contributed by atoms with Crippen LogP contribution in [0.2, 0.25) is 0 Å². The van der Waals surface area contributed by atoms with Gasteiger partial charge < -0.3 is 24.7 Å². The molecule has 2 saturated carbocycles. The summed E-state index contributed by atoms with van der Waals surface area (Å²) in [6, 6.07) is 15.4. The summed E-state index contributed by atoms with van der Waals surface area (Å²) >= 11 is 0. The first-order chi connectivity index (χ1) is 29.0. The van der Waals surface area contributed by atoms with E-state index in [1.165, 1.54) is 42.5 Å². The second-order valence-corrected chi connectivity index (χ2v) is 15.6. The van der Waals surface area contributed by atoms with E-state index in [0.29, 0.717) is 54.9 Å². The number of ether oxygens (including phenoxy) is 4. The normalized spacial score (nSPS) is 18.8. The number of esters is 2. The van der Waals surface area contributed by atoms with Gasteiger partial charge in [0.2, 0.25) is 0 Å². The van der Waals surface area contributed by atoms with Crippen LogP contribution in [0.15, 0.2) is 60.7 Å². The Labute approximate surface area is 365 Å². The Hall–Kier alpha value is -4.56. The summed E-state index contributed by atoms with van der Waals surface area (Å²) in [4.78, 5) is 32.7. The maximum Gasteiger partial charge on any atom is 0.420 e. The van der Waals surface area contributed by atoms with Crippen molar-refractivity contribution in [3.05, 3.63) is 82.9 Å². The minimum absolute atomic E-state index is 0. The fourth-order valence-corrected chi connectivity index (χ4v) is 7.80. The third kappa shape index (κ3) is 14.8. The monoisotopic (exact) mass is 897 g/mol. The molecule has 0 amide bonds. The van der Waals surface area contributed by atoms with E-state index in [2.05, 4.69) is 18.6 Å². The number of hydrogen-bond donors (Lipinski definition) is 1. The van der Waals surface area contributed by atoms with E-state index in [1.54, 1.807) is 26.0 Å². The third-order valence-corrected chi connectivity index (χ3v) is 11.0. The summed E-state index contributed by atoms with van der Waals surface area (Å²) < 4.78 is 104. The minimum Gasteiger partial charge on any atom is -0.490 e. The molecule has 0 heterocycles. The van der Waals surface area contributed by atoms with Crippen LogP contribution in [0.1, 0.15) is 119 Å². The molecule has 0 bridgehead atoms. The molecule has 4 aromatic rings. The van der Waals surface area contributed by atoms with E-state index in [0.717, 1.165) is 56.9 Å². The summed E-state index contributed by atoms with van der Waals surface area (Å²) in [5, 5.41) is 1.01. The van der Waals surface area contributed by atoms with E-state index in [-0.39, 0.29) is 77.4 Å². The highest BCUT2D eigenvalue weighted by atomic mass is 35.5. The first kappa shape index (κ1) is 51.8. The molecule has 2 aliphatic carbocycles. The number of aryl methyl sites for hydroxylation is 1. The summed E-state index contributed by atoms with van der Waals surface area (Å²) in [5.74, 6) is 0.337. The lowest BCUT2D eigenvalue weighted by Crippen LogP contribution is -2.24. The van der Waals surface area contributed by atoms with E-state index >= 15 is 0 Å². The fourth-order valence-electron chi connectivity index (χ4n) is 7.80. The van der Waals surface area contributed by atoms with Crippen molar-refractivity contribution in [1.29, 1.82) is 0 Å². The quantitative estimate of drug-likeness (QED) is 0.0849. The highest BCUT2D eigenvalue weighted by Crippen LogP contribution is 2.45. The molecular formula is C47H58ClF6NO7. The number of rotatable bonds is 12. The summed E-state index contributed by atoms with van der Waals surface area (Å²) in [7, 11) is 0. The summed E-state index contributed by atoms with van der Waals surface area (Å²) in [6.07, 6.45) is -0.571. The van der Waals surface area contributed by atoms with Crippen LogP contribution in [0.25, 0.3) is 21.5 Å². The highest BCUT2D eigenvalue weighted by Gasteiger charge is 2.39. The van der Waals surface area contributed by atoms with Crippen molar-refractivity contribution < 1.29 is 59.7 Å². The Morgan fingerprint density at radius 3 is 1.53 bits per heavy atom. The van der Waals surface area contributed by atoms with Gasteiger partial charge in [-0.05, 0) is 135 Å². The maximum absolute atomic E-state index is 14.0. The van der Waals surface area contributed by atoms with Gasteiger partial charge in [-0.15, -0.1) is 12.4 Å². The third-order valence-electron chi connectivity index (χ3n) is 11.0. The largest absolute Gasteiger partial charge is 0.490 e. The Balaban J connectivity index is 0.000000287. The number of fused-ring (bicyclic) bond motifs is 2. The van der Waals surface area contributed by atoms with Gasteiger partial charge in [0.05, 0.1) is 32.0 Å². The molecule has 0 saturated heterocycles. The van der Waals surface area contributed by atoms with Gasteiger partial charge in [0, 0.05) is 12.0 Å². The molecule has 15 heteroatoms. The lowest BCUT2D eigenvalue weighted by Gasteiger charge is -2.28. The van der Waals surface area contributed by atoms with Gasteiger partial charge >= 0.3 is 24.3 Å².